The van der Waals surface area contributed by atoms with Crippen LogP contribution in [-0.2, 0) is 29.0 Å². The molecule has 6 heteroatoms. The van der Waals surface area contributed by atoms with Crippen LogP contribution >= 0.6 is 0 Å². The highest BCUT2D eigenvalue weighted by Crippen LogP contribution is 2.26. The summed E-state index contributed by atoms with van der Waals surface area (Å²) in [6, 6.07) is 0. The maximum atomic E-state index is 5.80. The maximum absolute atomic E-state index is 5.80. The zero-order valence-electron chi connectivity index (χ0n) is 12.8. The molecule has 1 atom stereocenters. The van der Waals surface area contributed by atoms with Gasteiger partial charge in [0.2, 0.25) is 0 Å². The van der Waals surface area contributed by atoms with Crippen molar-refractivity contribution in [1.82, 2.24) is 14.9 Å². The van der Waals surface area contributed by atoms with Gasteiger partial charge in [0.15, 0.2) is 0 Å². The molecule has 0 aromatic carbocycles. The normalized spacial score (nSPS) is 18.0. The number of rotatable bonds is 5. The van der Waals surface area contributed by atoms with E-state index in [2.05, 4.69) is 23.4 Å². The Labute approximate surface area is 124 Å². The number of hydrogen-bond acceptors (Lipinski definition) is 5. The molecule has 0 N–H and O–H groups in total. The number of ether oxygens (including phenoxy) is 2. The molecular weight excluding hydrogens is 270 g/mol. The first-order valence-corrected chi connectivity index (χ1v) is 7.36. The Morgan fingerprint density at radius 2 is 2.29 bits per heavy atom. The predicted octanol–water partition coefficient (Wildman–Crippen LogP) is 2.34. The molecular formula is C15H21N3O3. The quantitative estimate of drug-likeness (QED) is 0.846. The molecule has 2 aromatic heterocycles. The van der Waals surface area contributed by atoms with Gasteiger partial charge in [0, 0.05) is 18.3 Å². The summed E-state index contributed by atoms with van der Waals surface area (Å²) in [6.45, 7) is 8.50. The lowest BCUT2D eigenvalue weighted by molar-refractivity contribution is -0.0323. The molecule has 0 saturated carbocycles. The molecule has 0 bridgehead atoms. The van der Waals surface area contributed by atoms with Gasteiger partial charge in [-0.25, -0.2) is 0 Å². The van der Waals surface area contributed by atoms with Crippen molar-refractivity contribution in [2.45, 2.75) is 46.4 Å². The number of aryl methyl sites for hydroxylation is 3. The average molecular weight is 291 g/mol. The number of fused-ring (bicyclic) bond motifs is 1. The van der Waals surface area contributed by atoms with Crippen molar-refractivity contribution in [2.75, 3.05) is 13.2 Å². The maximum Gasteiger partial charge on any atom is 0.139 e. The van der Waals surface area contributed by atoms with E-state index in [1.807, 2.05) is 18.5 Å². The fraction of sp³-hybridized carbons (Fsp3) is 0.600. The van der Waals surface area contributed by atoms with Crippen LogP contribution in [0.2, 0.25) is 0 Å². The second-order valence-electron chi connectivity index (χ2n) is 5.32. The molecule has 0 aliphatic carbocycles. The minimum Gasteiger partial charge on any atom is -0.373 e. The molecule has 2 aromatic rings. The molecule has 21 heavy (non-hydrogen) atoms. The Morgan fingerprint density at radius 3 is 3.00 bits per heavy atom. The first kappa shape index (κ1) is 14.3. The number of aromatic nitrogens is 3. The highest BCUT2D eigenvalue weighted by Gasteiger charge is 2.25. The van der Waals surface area contributed by atoms with Gasteiger partial charge in [0.05, 0.1) is 31.2 Å². The Bertz CT molecular complexity index is 598. The fourth-order valence-corrected chi connectivity index (χ4v) is 2.60. The van der Waals surface area contributed by atoms with E-state index < -0.39 is 0 Å². The van der Waals surface area contributed by atoms with Crippen molar-refractivity contribution in [3.05, 3.63) is 34.5 Å². The predicted molar refractivity (Wildman–Crippen MR) is 75.9 cm³/mol. The van der Waals surface area contributed by atoms with Crippen LogP contribution in [0, 0.1) is 13.8 Å². The van der Waals surface area contributed by atoms with Crippen LogP contribution in [0.1, 0.15) is 41.3 Å². The van der Waals surface area contributed by atoms with E-state index in [1.54, 1.807) is 0 Å². The molecule has 0 fully saturated rings. The van der Waals surface area contributed by atoms with Crippen LogP contribution in [0.25, 0.3) is 0 Å². The van der Waals surface area contributed by atoms with Crippen LogP contribution in [0.5, 0.6) is 0 Å². The van der Waals surface area contributed by atoms with Crippen molar-refractivity contribution in [3.8, 4) is 0 Å². The summed E-state index contributed by atoms with van der Waals surface area (Å²) in [6.07, 6.45) is 2.96. The molecule has 0 radical (unpaired) electrons. The van der Waals surface area contributed by atoms with Gasteiger partial charge in [-0.1, -0.05) is 5.16 Å². The summed E-state index contributed by atoms with van der Waals surface area (Å²) in [5, 5.41) is 8.51. The van der Waals surface area contributed by atoms with Crippen molar-refractivity contribution in [3.63, 3.8) is 0 Å². The van der Waals surface area contributed by atoms with Gasteiger partial charge in [0.1, 0.15) is 11.9 Å². The second-order valence-corrected chi connectivity index (χ2v) is 5.32. The van der Waals surface area contributed by atoms with Crippen molar-refractivity contribution < 1.29 is 14.0 Å². The van der Waals surface area contributed by atoms with Gasteiger partial charge in [0.25, 0.3) is 0 Å². The lowest BCUT2D eigenvalue weighted by Gasteiger charge is -2.21. The fourth-order valence-electron chi connectivity index (χ4n) is 2.60. The molecule has 0 saturated heterocycles. The van der Waals surface area contributed by atoms with Crippen LogP contribution in [0.3, 0.4) is 0 Å². The molecule has 1 unspecified atom stereocenters. The summed E-state index contributed by atoms with van der Waals surface area (Å²) >= 11 is 0. The molecule has 114 valence electrons. The third-order valence-corrected chi connectivity index (χ3v) is 3.89. The lowest BCUT2D eigenvalue weighted by Crippen LogP contribution is -2.20. The summed E-state index contributed by atoms with van der Waals surface area (Å²) in [7, 11) is 0. The van der Waals surface area contributed by atoms with Crippen LogP contribution in [0.4, 0.5) is 0 Å². The van der Waals surface area contributed by atoms with Crippen LogP contribution < -0.4 is 0 Å². The van der Waals surface area contributed by atoms with Crippen LogP contribution in [0.15, 0.2) is 10.7 Å². The molecule has 3 heterocycles. The van der Waals surface area contributed by atoms with E-state index in [0.29, 0.717) is 13.2 Å². The summed E-state index contributed by atoms with van der Waals surface area (Å²) in [5.41, 5.74) is 4.19. The molecule has 6 nitrogen and oxygen atoms in total. The highest BCUT2D eigenvalue weighted by molar-refractivity contribution is 5.22. The van der Waals surface area contributed by atoms with E-state index >= 15 is 0 Å². The van der Waals surface area contributed by atoms with Gasteiger partial charge >= 0.3 is 0 Å². The number of nitrogens with zero attached hydrogens (tertiary/aromatic N) is 3. The Morgan fingerprint density at radius 1 is 1.43 bits per heavy atom. The summed E-state index contributed by atoms with van der Waals surface area (Å²) in [5.74, 6) is 0.813. The van der Waals surface area contributed by atoms with Crippen molar-refractivity contribution in [1.29, 1.82) is 0 Å². The monoisotopic (exact) mass is 291 g/mol. The molecule has 0 amide bonds. The summed E-state index contributed by atoms with van der Waals surface area (Å²) in [4.78, 5) is 0. The van der Waals surface area contributed by atoms with Gasteiger partial charge in [-0.05, 0) is 32.8 Å². The van der Waals surface area contributed by atoms with E-state index in [1.165, 1.54) is 5.56 Å². The third-order valence-electron chi connectivity index (χ3n) is 3.89. The smallest absolute Gasteiger partial charge is 0.139 e. The molecule has 1 aliphatic rings. The van der Waals surface area contributed by atoms with Gasteiger partial charge in [-0.15, -0.1) is 0 Å². The van der Waals surface area contributed by atoms with Crippen molar-refractivity contribution in [2.24, 2.45) is 0 Å². The Balaban J connectivity index is 1.63. The SMILES string of the molecule is CCn1cc2c(n1)C(COCc1c(C)noc1C)OCC2. The zero-order chi connectivity index (χ0) is 14.8. The van der Waals surface area contributed by atoms with Crippen LogP contribution in [-0.4, -0.2) is 28.2 Å². The second kappa shape index (κ2) is 5.99. The standard InChI is InChI=1S/C15H21N3O3/c1-4-18-7-12-5-6-20-14(15(12)16-18)9-19-8-13-10(2)17-21-11(13)3/h7,14H,4-6,8-9H2,1-3H3. The molecule has 3 rings (SSSR count). The molecule has 1 aliphatic heterocycles. The first-order valence-electron chi connectivity index (χ1n) is 7.36. The largest absolute Gasteiger partial charge is 0.373 e. The third kappa shape index (κ3) is 2.87. The minimum atomic E-state index is -0.0815. The Kier molecular flexibility index (Phi) is 4.07. The van der Waals surface area contributed by atoms with E-state index in [4.69, 9.17) is 14.0 Å². The number of hydrogen-bond donors (Lipinski definition) is 0. The average Bonchev–Trinajstić information content (AvgIpc) is 3.05. The summed E-state index contributed by atoms with van der Waals surface area (Å²) < 4.78 is 18.7. The van der Waals surface area contributed by atoms with Gasteiger partial charge in [-0.2, -0.15) is 5.10 Å². The van der Waals surface area contributed by atoms with Gasteiger partial charge < -0.3 is 14.0 Å². The van der Waals surface area contributed by atoms with Gasteiger partial charge in [-0.3, -0.25) is 4.68 Å². The van der Waals surface area contributed by atoms with Crippen molar-refractivity contribution >= 4 is 0 Å². The lowest BCUT2D eigenvalue weighted by atomic mass is 10.1. The Hall–Kier alpha value is -1.66. The molecule has 0 spiro atoms. The topological polar surface area (TPSA) is 62.3 Å². The van der Waals surface area contributed by atoms with E-state index in [-0.39, 0.29) is 6.10 Å². The van der Waals surface area contributed by atoms with E-state index in [0.717, 1.165) is 42.3 Å². The first-order chi connectivity index (χ1) is 10.2. The zero-order valence-corrected chi connectivity index (χ0v) is 12.8. The highest BCUT2D eigenvalue weighted by atomic mass is 16.5. The minimum absolute atomic E-state index is 0.0815. The van der Waals surface area contributed by atoms with E-state index in [9.17, 15) is 0 Å².